The van der Waals surface area contributed by atoms with E-state index in [1.165, 1.54) is 13.8 Å². The van der Waals surface area contributed by atoms with E-state index in [1.807, 2.05) is 0 Å². The van der Waals surface area contributed by atoms with Gasteiger partial charge in [0.15, 0.2) is 11.6 Å². The van der Waals surface area contributed by atoms with Crippen molar-refractivity contribution in [2.45, 2.75) is 19.6 Å². The van der Waals surface area contributed by atoms with Crippen LogP contribution in [0, 0.1) is 17.5 Å². The zero-order chi connectivity index (χ0) is 15.9. The van der Waals surface area contributed by atoms with Gasteiger partial charge in [-0.1, -0.05) is 0 Å². The van der Waals surface area contributed by atoms with Gasteiger partial charge < -0.3 is 9.47 Å². The average Bonchev–Trinajstić information content (AvgIpc) is 2.33. The van der Waals surface area contributed by atoms with Gasteiger partial charge in [-0.15, -0.1) is 0 Å². The molecule has 1 saturated heterocycles. The maximum Gasteiger partial charge on any atom is 0.348 e. The Labute approximate surface area is 125 Å². The highest BCUT2D eigenvalue weighted by molar-refractivity contribution is 9.10. The molecule has 1 aromatic carbocycles. The Bertz CT molecular complexity index is 634. The minimum atomic E-state index is -1.53. The second kappa shape index (κ2) is 5.18. The molecule has 0 atom stereocenters. The molecule has 0 bridgehead atoms. The number of rotatable bonds is 1. The summed E-state index contributed by atoms with van der Waals surface area (Å²) >= 11 is 2.70. The van der Waals surface area contributed by atoms with E-state index in [-0.39, 0.29) is 4.47 Å². The summed E-state index contributed by atoms with van der Waals surface area (Å²) in [6.45, 7) is 2.64. The molecule has 0 N–H and O–H groups in total. The number of halogens is 4. The molecule has 8 heteroatoms. The molecule has 1 heterocycles. The van der Waals surface area contributed by atoms with Crippen LogP contribution in [-0.2, 0) is 19.1 Å². The summed E-state index contributed by atoms with van der Waals surface area (Å²) in [6.07, 6.45) is 0.554. The number of benzene rings is 1. The molecule has 1 aliphatic rings. The number of cyclic esters (lactones) is 2. The number of ether oxygens (including phenoxy) is 2. The van der Waals surface area contributed by atoms with Gasteiger partial charge in [0, 0.05) is 13.8 Å². The Balaban J connectivity index is 2.55. The average molecular weight is 365 g/mol. The van der Waals surface area contributed by atoms with E-state index in [9.17, 15) is 22.8 Å². The highest BCUT2D eigenvalue weighted by Gasteiger charge is 2.39. The first-order valence-corrected chi connectivity index (χ1v) is 6.43. The third kappa shape index (κ3) is 2.94. The molecule has 0 aliphatic carbocycles. The van der Waals surface area contributed by atoms with E-state index >= 15 is 0 Å². The maximum absolute atomic E-state index is 13.8. The lowest BCUT2D eigenvalue weighted by Gasteiger charge is -2.29. The van der Waals surface area contributed by atoms with Gasteiger partial charge >= 0.3 is 11.9 Å². The molecule has 2 rings (SSSR count). The molecule has 21 heavy (non-hydrogen) atoms. The summed E-state index contributed by atoms with van der Waals surface area (Å²) in [5.41, 5.74) is -1.62. The molecule has 1 aliphatic heterocycles. The Morgan fingerprint density at radius 1 is 1.10 bits per heavy atom. The Hall–Kier alpha value is -1.83. The van der Waals surface area contributed by atoms with Crippen LogP contribution in [0.3, 0.4) is 0 Å². The van der Waals surface area contributed by atoms with Crippen LogP contribution in [0.2, 0.25) is 0 Å². The normalized spacial score (nSPS) is 17.3. The first kappa shape index (κ1) is 15.6. The minimum Gasteiger partial charge on any atom is -0.419 e. The second-order valence-corrected chi connectivity index (χ2v) is 5.47. The van der Waals surface area contributed by atoms with Crippen molar-refractivity contribution >= 4 is 33.9 Å². The molecule has 0 spiro atoms. The van der Waals surface area contributed by atoms with Crippen LogP contribution in [0.1, 0.15) is 19.4 Å². The van der Waals surface area contributed by atoms with Crippen molar-refractivity contribution in [2.24, 2.45) is 0 Å². The highest BCUT2D eigenvalue weighted by atomic mass is 79.9. The van der Waals surface area contributed by atoms with Crippen molar-refractivity contribution in [1.29, 1.82) is 0 Å². The molecule has 0 amide bonds. The van der Waals surface area contributed by atoms with Crippen molar-refractivity contribution in [3.63, 3.8) is 0 Å². The standard InChI is InChI=1S/C13H8BrF3O4/c1-13(2)20-11(18)6(12(19)21-13)3-5-9(16)7(14)4-8(15)10(5)17/h3-4H,1-2H3. The molecule has 0 aromatic heterocycles. The van der Waals surface area contributed by atoms with E-state index < -0.39 is 46.3 Å². The van der Waals surface area contributed by atoms with Crippen LogP contribution in [0.5, 0.6) is 0 Å². The van der Waals surface area contributed by atoms with Gasteiger partial charge in [-0.05, 0) is 28.1 Å². The first-order valence-electron chi connectivity index (χ1n) is 5.64. The smallest absolute Gasteiger partial charge is 0.348 e. The van der Waals surface area contributed by atoms with Gasteiger partial charge in [-0.2, -0.15) is 0 Å². The third-order valence-electron chi connectivity index (χ3n) is 2.55. The molecule has 0 unspecified atom stereocenters. The maximum atomic E-state index is 13.8. The minimum absolute atomic E-state index is 0.355. The van der Waals surface area contributed by atoms with Gasteiger partial charge in [-0.25, -0.2) is 22.8 Å². The van der Waals surface area contributed by atoms with Crippen LogP contribution in [0.25, 0.3) is 6.08 Å². The Kier molecular flexibility index (Phi) is 3.83. The fraction of sp³-hybridized carbons (Fsp3) is 0.231. The van der Waals surface area contributed by atoms with Crippen molar-refractivity contribution in [1.82, 2.24) is 0 Å². The monoisotopic (exact) mass is 364 g/mol. The van der Waals surface area contributed by atoms with Crippen molar-refractivity contribution in [3.8, 4) is 0 Å². The van der Waals surface area contributed by atoms with Gasteiger partial charge in [0.05, 0.1) is 10.0 Å². The second-order valence-electron chi connectivity index (χ2n) is 4.62. The Morgan fingerprint density at radius 2 is 1.62 bits per heavy atom. The van der Waals surface area contributed by atoms with E-state index in [4.69, 9.17) is 9.47 Å². The summed E-state index contributed by atoms with van der Waals surface area (Å²) in [4.78, 5) is 23.4. The van der Waals surface area contributed by atoms with Crippen LogP contribution in [-0.4, -0.2) is 17.7 Å². The lowest BCUT2D eigenvalue weighted by Crippen LogP contribution is -2.41. The van der Waals surface area contributed by atoms with Gasteiger partial charge in [0.2, 0.25) is 0 Å². The zero-order valence-electron chi connectivity index (χ0n) is 10.8. The number of carbonyl (C=O) groups is 2. The SMILES string of the molecule is CC1(C)OC(=O)C(=Cc2c(F)c(F)cc(Br)c2F)C(=O)O1. The van der Waals surface area contributed by atoms with Crippen molar-refractivity contribution < 1.29 is 32.2 Å². The molecule has 0 radical (unpaired) electrons. The fourth-order valence-electron chi connectivity index (χ4n) is 1.64. The molecular formula is C13H8BrF3O4. The summed E-state index contributed by atoms with van der Waals surface area (Å²) in [5, 5.41) is 0. The van der Waals surface area contributed by atoms with Gasteiger partial charge in [0.1, 0.15) is 11.4 Å². The van der Waals surface area contributed by atoms with E-state index in [2.05, 4.69) is 15.9 Å². The Morgan fingerprint density at radius 3 is 2.14 bits per heavy atom. The topological polar surface area (TPSA) is 52.6 Å². The van der Waals surface area contributed by atoms with Gasteiger partial charge in [0.25, 0.3) is 5.79 Å². The number of esters is 2. The third-order valence-corrected chi connectivity index (χ3v) is 3.13. The molecule has 0 saturated carbocycles. The van der Waals surface area contributed by atoms with Crippen LogP contribution >= 0.6 is 15.9 Å². The molecule has 1 aromatic rings. The van der Waals surface area contributed by atoms with Crippen molar-refractivity contribution in [2.75, 3.05) is 0 Å². The lowest BCUT2D eigenvalue weighted by molar-refractivity contribution is -0.222. The quantitative estimate of drug-likeness (QED) is 0.332. The fourth-order valence-corrected chi connectivity index (χ4v) is 2.06. The van der Waals surface area contributed by atoms with Crippen LogP contribution < -0.4 is 0 Å². The zero-order valence-corrected chi connectivity index (χ0v) is 12.4. The summed E-state index contributed by atoms with van der Waals surface area (Å²) < 4.78 is 49.9. The predicted octanol–water partition coefficient (Wildman–Crippen LogP) is 3.09. The molecule has 1 fully saturated rings. The summed E-state index contributed by atoms with van der Waals surface area (Å²) in [5.74, 6) is -7.75. The van der Waals surface area contributed by atoms with Gasteiger partial charge in [-0.3, -0.25) is 0 Å². The predicted molar refractivity (Wildman–Crippen MR) is 68.3 cm³/mol. The largest absolute Gasteiger partial charge is 0.419 e. The van der Waals surface area contributed by atoms with E-state index in [0.29, 0.717) is 12.1 Å². The molecule has 4 nitrogen and oxygen atoms in total. The highest BCUT2D eigenvalue weighted by Crippen LogP contribution is 2.29. The summed E-state index contributed by atoms with van der Waals surface area (Å²) in [7, 11) is 0. The summed E-state index contributed by atoms with van der Waals surface area (Å²) in [6, 6.07) is 0.591. The first-order chi connectivity index (χ1) is 9.62. The molecule has 112 valence electrons. The lowest BCUT2D eigenvalue weighted by atomic mass is 10.1. The van der Waals surface area contributed by atoms with E-state index in [1.54, 1.807) is 0 Å². The van der Waals surface area contributed by atoms with E-state index in [0.717, 1.165) is 0 Å². The number of hydrogen-bond acceptors (Lipinski definition) is 4. The molecular weight excluding hydrogens is 357 g/mol. The number of hydrogen-bond donors (Lipinski definition) is 0. The number of carbonyl (C=O) groups excluding carboxylic acids is 2. The van der Waals surface area contributed by atoms with Crippen molar-refractivity contribution in [3.05, 3.63) is 39.1 Å². The van der Waals surface area contributed by atoms with Crippen LogP contribution in [0.15, 0.2) is 16.1 Å². The van der Waals surface area contributed by atoms with Crippen LogP contribution in [0.4, 0.5) is 13.2 Å².